The van der Waals surface area contributed by atoms with Gasteiger partial charge in [-0.15, -0.1) is 11.3 Å². The summed E-state index contributed by atoms with van der Waals surface area (Å²) < 4.78 is 1.03. The molecule has 1 N–H and O–H groups in total. The predicted octanol–water partition coefficient (Wildman–Crippen LogP) is 3.69. The van der Waals surface area contributed by atoms with E-state index < -0.39 is 6.04 Å². The number of thiophene rings is 1. The molecule has 0 fully saturated rings. The van der Waals surface area contributed by atoms with Crippen LogP contribution >= 0.6 is 27.3 Å². The molecular formula is C18H19BrN2O2S. The van der Waals surface area contributed by atoms with Gasteiger partial charge >= 0.3 is 0 Å². The van der Waals surface area contributed by atoms with Crippen LogP contribution in [0.5, 0.6) is 0 Å². The number of hydrogen-bond acceptors (Lipinski definition) is 3. The van der Waals surface area contributed by atoms with Crippen molar-refractivity contribution in [3.63, 3.8) is 0 Å². The summed E-state index contributed by atoms with van der Waals surface area (Å²) in [5.41, 5.74) is 0.937. The highest BCUT2D eigenvalue weighted by molar-refractivity contribution is 9.11. The van der Waals surface area contributed by atoms with E-state index in [0.717, 1.165) is 14.2 Å². The van der Waals surface area contributed by atoms with Gasteiger partial charge in [-0.05, 0) is 46.6 Å². The number of likely N-dealkylation sites (N-methyl/N-ethyl adjacent to an activating group) is 1. The van der Waals surface area contributed by atoms with Crippen LogP contribution in [0.4, 0.5) is 0 Å². The van der Waals surface area contributed by atoms with Crippen LogP contribution in [-0.2, 0) is 16.1 Å². The predicted molar refractivity (Wildman–Crippen MR) is 102 cm³/mol. The number of nitrogens with one attached hydrogen (secondary N) is 1. The van der Waals surface area contributed by atoms with Crippen LogP contribution < -0.4 is 5.32 Å². The van der Waals surface area contributed by atoms with E-state index in [4.69, 9.17) is 0 Å². The summed E-state index contributed by atoms with van der Waals surface area (Å²) in [4.78, 5) is 27.0. The first-order valence-electron chi connectivity index (χ1n) is 7.48. The van der Waals surface area contributed by atoms with E-state index in [1.165, 1.54) is 6.08 Å². The molecule has 0 aliphatic rings. The van der Waals surface area contributed by atoms with E-state index in [2.05, 4.69) is 21.2 Å². The lowest BCUT2D eigenvalue weighted by atomic mass is 10.2. The van der Waals surface area contributed by atoms with Gasteiger partial charge in [-0.2, -0.15) is 0 Å². The fourth-order valence-electron chi connectivity index (χ4n) is 2.14. The number of nitrogens with zero attached hydrogens (tertiary/aromatic N) is 1. The second kappa shape index (κ2) is 8.80. The molecule has 126 valence electrons. The average Bonchev–Trinajstić information content (AvgIpc) is 2.98. The number of carbonyl (C=O) groups is 2. The molecule has 1 aromatic carbocycles. The van der Waals surface area contributed by atoms with Crippen molar-refractivity contribution in [1.82, 2.24) is 10.2 Å². The lowest BCUT2D eigenvalue weighted by Gasteiger charge is -2.21. The molecule has 0 saturated heterocycles. The number of rotatable bonds is 6. The molecule has 6 heteroatoms. The van der Waals surface area contributed by atoms with E-state index >= 15 is 0 Å². The van der Waals surface area contributed by atoms with Crippen molar-refractivity contribution in [3.05, 3.63) is 62.8 Å². The quantitative estimate of drug-likeness (QED) is 0.743. The molecule has 0 aliphatic carbocycles. The Kier molecular flexibility index (Phi) is 6.75. The first-order valence-corrected chi connectivity index (χ1v) is 9.09. The number of halogens is 1. The SMILES string of the molecule is CC(NC(=O)/C=C/c1ccccc1)C(=O)N(C)Cc1ccc(Br)s1. The van der Waals surface area contributed by atoms with Crippen molar-refractivity contribution in [2.24, 2.45) is 0 Å². The Balaban J connectivity index is 1.86. The normalized spacial score (nSPS) is 12.1. The van der Waals surface area contributed by atoms with Gasteiger partial charge in [0, 0.05) is 18.0 Å². The third kappa shape index (κ3) is 5.62. The van der Waals surface area contributed by atoms with E-state index in [0.29, 0.717) is 6.54 Å². The Morgan fingerprint density at radius 2 is 1.96 bits per heavy atom. The maximum Gasteiger partial charge on any atom is 0.244 e. The molecule has 1 unspecified atom stereocenters. The van der Waals surface area contributed by atoms with E-state index in [1.807, 2.05) is 42.5 Å². The molecule has 2 rings (SSSR count). The zero-order chi connectivity index (χ0) is 17.5. The Bertz CT molecular complexity index is 728. The number of benzene rings is 1. The molecule has 2 aromatic rings. The molecule has 0 bridgehead atoms. The average molecular weight is 407 g/mol. The highest BCUT2D eigenvalue weighted by Gasteiger charge is 2.19. The second-order valence-electron chi connectivity index (χ2n) is 5.37. The van der Waals surface area contributed by atoms with Crippen molar-refractivity contribution in [2.45, 2.75) is 19.5 Å². The first-order chi connectivity index (χ1) is 11.5. The largest absolute Gasteiger partial charge is 0.341 e. The Morgan fingerprint density at radius 1 is 1.25 bits per heavy atom. The van der Waals surface area contributed by atoms with Gasteiger partial charge in [-0.25, -0.2) is 0 Å². The van der Waals surface area contributed by atoms with E-state index in [1.54, 1.807) is 36.3 Å². The van der Waals surface area contributed by atoms with Crippen molar-refractivity contribution in [3.8, 4) is 0 Å². The molecule has 2 amide bonds. The first kappa shape index (κ1) is 18.4. The minimum absolute atomic E-state index is 0.124. The summed E-state index contributed by atoms with van der Waals surface area (Å²) in [6.07, 6.45) is 3.16. The van der Waals surface area contributed by atoms with Crippen LogP contribution in [0.2, 0.25) is 0 Å². The zero-order valence-corrected chi connectivity index (χ0v) is 15.9. The van der Waals surface area contributed by atoms with Crippen LogP contribution in [0.3, 0.4) is 0 Å². The number of carbonyl (C=O) groups excluding carboxylic acids is 2. The molecule has 1 aromatic heterocycles. The van der Waals surface area contributed by atoms with Crippen LogP contribution in [-0.4, -0.2) is 29.8 Å². The van der Waals surface area contributed by atoms with Crippen molar-refractivity contribution in [2.75, 3.05) is 7.05 Å². The Hall–Kier alpha value is -1.92. The maximum absolute atomic E-state index is 12.3. The third-order valence-electron chi connectivity index (χ3n) is 3.35. The minimum atomic E-state index is -0.577. The zero-order valence-electron chi connectivity index (χ0n) is 13.5. The van der Waals surface area contributed by atoms with Gasteiger partial charge in [0.1, 0.15) is 6.04 Å². The van der Waals surface area contributed by atoms with Crippen LogP contribution in [0.1, 0.15) is 17.4 Å². The summed E-state index contributed by atoms with van der Waals surface area (Å²) in [6.45, 7) is 2.21. The highest BCUT2D eigenvalue weighted by atomic mass is 79.9. The summed E-state index contributed by atoms with van der Waals surface area (Å²) in [7, 11) is 1.73. The van der Waals surface area contributed by atoms with Gasteiger partial charge < -0.3 is 10.2 Å². The molecule has 0 saturated carbocycles. The highest BCUT2D eigenvalue weighted by Crippen LogP contribution is 2.23. The van der Waals surface area contributed by atoms with Gasteiger partial charge in [0.2, 0.25) is 11.8 Å². The molecule has 24 heavy (non-hydrogen) atoms. The number of hydrogen-bond donors (Lipinski definition) is 1. The smallest absolute Gasteiger partial charge is 0.244 e. The van der Waals surface area contributed by atoms with Crippen molar-refractivity contribution in [1.29, 1.82) is 0 Å². The topological polar surface area (TPSA) is 49.4 Å². The molecule has 0 radical (unpaired) electrons. The van der Waals surface area contributed by atoms with E-state index in [-0.39, 0.29) is 11.8 Å². The van der Waals surface area contributed by atoms with Crippen LogP contribution in [0.15, 0.2) is 52.3 Å². The van der Waals surface area contributed by atoms with Crippen molar-refractivity contribution >= 4 is 45.2 Å². The molecule has 1 heterocycles. The fraction of sp³-hybridized carbons (Fsp3) is 0.222. The second-order valence-corrected chi connectivity index (χ2v) is 7.92. The summed E-state index contributed by atoms with van der Waals surface area (Å²) >= 11 is 5.00. The molecule has 4 nitrogen and oxygen atoms in total. The molecule has 1 atom stereocenters. The minimum Gasteiger partial charge on any atom is -0.341 e. The van der Waals surface area contributed by atoms with Gasteiger partial charge in [-0.1, -0.05) is 30.3 Å². The maximum atomic E-state index is 12.3. The monoisotopic (exact) mass is 406 g/mol. The van der Waals surface area contributed by atoms with E-state index in [9.17, 15) is 9.59 Å². The Labute approximate surface area is 154 Å². The van der Waals surface area contributed by atoms with Crippen LogP contribution in [0, 0.1) is 0 Å². The standard InChI is InChI=1S/C18H19BrN2O2S/c1-13(18(23)21(2)12-15-9-10-16(19)24-15)20-17(22)11-8-14-6-4-3-5-7-14/h3-11,13H,12H2,1-2H3,(H,20,22)/b11-8+. The third-order valence-corrected chi connectivity index (χ3v) is 4.96. The molecular weight excluding hydrogens is 388 g/mol. The number of amides is 2. The summed E-state index contributed by atoms with van der Waals surface area (Å²) in [6, 6.07) is 12.9. The summed E-state index contributed by atoms with van der Waals surface area (Å²) in [5, 5.41) is 2.70. The van der Waals surface area contributed by atoms with Crippen molar-refractivity contribution < 1.29 is 9.59 Å². The lowest BCUT2D eigenvalue weighted by molar-refractivity contribution is -0.134. The lowest BCUT2D eigenvalue weighted by Crippen LogP contribution is -2.44. The summed E-state index contributed by atoms with van der Waals surface area (Å²) in [5.74, 6) is -0.409. The van der Waals surface area contributed by atoms with Gasteiger partial charge in [-0.3, -0.25) is 9.59 Å². The molecule has 0 aliphatic heterocycles. The van der Waals surface area contributed by atoms with Gasteiger partial charge in [0.05, 0.1) is 10.3 Å². The molecule has 0 spiro atoms. The Morgan fingerprint density at radius 3 is 2.58 bits per heavy atom. The van der Waals surface area contributed by atoms with Crippen LogP contribution in [0.25, 0.3) is 6.08 Å². The van der Waals surface area contributed by atoms with Gasteiger partial charge in [0.25, 0.3) is 0 Å². The van der Waals surface area contributed by atoms with Gasteiger partial charge in [0.15, 0.2) is 0 Å². The fourth-order valence-corrected chi connectivity index (χ4v) is 3.68.